The van der Waals surface area contributed by atoms with Gasteiger partial charge in [0.1, 0.15) is 49.6 Å². The average Bonchev–Trinajstić information content (AvgIpc) is 3.96. The van der Waals surface area contributed by atoms with Crippen molar-refractivity contribution in [3.63, 3.8) is 0 Å². The molecule has 0 fully saturated rings. The molecule has 0 amide bonds. The van der Waals surface area contributed by atoms with Gasteiger partial charge in [-0.1, -0.05) is 136 Å². The van der Waals surface area contributed by atoms with Crippen molar-refractivity contribution >= 4 is 97.9 Å². The largest absolute Gasteiger partial charge is 0.456 e. The van der Waals surface area contributed by atoms with Crippen molar-refractivity contribution in [2.24, 2.45) is 0 Å². The summed E-state index contributed by atoms with van der Waals surface area (Å²) in [6.07, 6.45) is 5.12. The molecule has 0 atom stereocenters. The molecule has 0 saturated heterocycles. The highest BCUT2D eigenvalue weighted by Crippen LogP contribution is 2.44. The maximum absolute atomic E-state index is 6.20. The van der Waals surface area contributed by atoms with E-state index in [4.69, 9.17) is 24.1 Å². The number of hydrogen-bond acceptors (Lipinski definition) is 4. The summed E-state index contributed by atoms with van der Waals surface area (Å²) in [5, 5.41) is 6.64. The van der Waals surface area contributed by atoms with Crippen LogP contribution in [0.1, 0.15) is 5.76 Å². The maximum atomic E-state index is 6.20. The molecule has 6 aromatic carbocycles. The second kappa shape index (κ2) is 15.2. The van der Waals surface area contributed by atoms with Gasteiger partial charge in [0, 0.05) is 43.4 Å². The van der Waals surface area contributed by atoms with Crippen molar-refractivity contribution in [1.82, 2.24) is 0 Å². The van der Waals surface area contributed by atoms with Crippen LogP contribution in [-0.4, -0.2) is 16.1 Å². The van der Waals surface area contributed by atoms with Gasteiger partial charge in [-0.15, -0.1) is 17.5 Å². The van der Waals surface area contributed by atoms with Gasteiger partial charge in [0.05, 0.1) is 0 Å². The quantitative estimate of drug-likeness (QED) is 0.129. The molecule has 0 radical (unpaired) electrons. The standard InChI is InChI=1S/C25H20O2Si.C20H11BrO2.C5H10Si/c1-28(2,3)16-15-23-25(18-10-5-7-13-21(18)27-23)19-11-8-14-22-24(19)17-9-4-6-12-20(17)26-22;21-20-19(13-7-2-4-10-16(13)23-20)14-8-5-11-17-18(14)12-6-1-3-9-15(12)22-17;1-5-6(2,3)4/h4-14H,1-3H3;1-11H;1H,2-4H3. The molecule has 57 heavy (non-hydrogen) atoms. The summed E-state index contributed by atoms with van der Waals surface area (Å²) in [5.41, 5.74) is 15.9. The topological polar surface area (TPSA) is 52.6 Å². The minimum Gasteiger partial charge on any atom is -0.456 e. The van der Waals surface area contributed by atoms with Gasteiger partial charge < -0.3 is 17.7 Å². The summed E-state index contributed by atoms with van der Waals surface area (Å²) in [6, 6.07) is 44.9. The Bertz CT molecular complexity index is 3200. The molecular formula is C50H41BrO4Si2. The number of furan rings is 4. The highest BCUT2D eigenvalue weighted by Gasteiger charge is 2.21. The summed E-state index contributed by atoms with van der Waals surface area (Å²) in [7, 11) is -2.64. The van der Waals surface area contributed by atoms with E-state index in [1.54, 1.807) is 0 Å². The monoisotopic (exact) mass is 840 g/mol. The molecule has 0 aliphatic heterocycles. The number of hydrogen-bond donors (Lipinski definition) is 0. The van der Waals surface area contributed by atoms with Crippen molar-refractivity contribution in [2.75, 3.05) is 0 Å². The van der Waals surface area contributed by atoms with Crippen LogP contribution < -0.4 is 0 Å². The lowest BCUT2D eigenvalue weighted by Crippen LogP contribution is -2.16. The molecule has 10 rings (SSSR count). The Morgan fingerprint density at radius 2 is 0.825 bits per heavy atom. The summed E-state index contributed by atoms with van der Waals surface area (Å²) in [6.45, 7) is 13.2. The zero-order valence-corrected chi connectivity index (χ0v) is 36.4. The minimum absolute atomic E-state index is 0.737. The van der Waals surface area contributed by atoms with E-state index < -0.39 is 16.1 Å². The van der Waals surface area contributed by atoms with Crippen LogP contribution >= 0.6 is 15.9 Å². The molecular weight excluding hydrogens is 801 g/mol. The Kier molecular flexibility index (Phi) is 10.1. The van der Waals surface area contributed by atoms with E-state index in [-0.39, 0.29) is 0 Å². The number of terminal acetylenes is 1. The van der Waals surface area contributed by atoms with Crippen LogP contribution in [0.4, 0.5) is 0 Å². The van der Waals surface area contributed by atoms with Crippen LogP contribution in [0.5, 0.6) is 0 Å². The molecule has 0 aliphatic rings. The number of benzene rings is 6. The fraction of sp³-hybridized carbons (Fsp3) is 0.120. The number of rotatable bonds is 2. The highest BCUT2D eigenvalue weighted by molar-refractivity contribution is 9.10. The minimum atomic E-state index is -1.54. The summed E-state index contributed by atoms with van der Waals surface area (Å²) < 4.78 is 24.9. The van der Waals surface area contributed by atoms with Crippen molar-refractivity contribution < 1.29 is 17.7 Å². The molecule has 4 nitrogen and oxygen atoms in total. The lowest BCUT2D eigenvalue weighted by Gasteiger charge is -2.05. The summed E-state index contributed by atoms with van der Waals surface area (Å²) in [5.74, 6) is 4.10. The van der Waals surface area contributed by atoms with Gasteiger partial charge in [-0.05, 0) is 69.4 Å². The smallest absolute Gasteiger partial charge is 0.185 e. The first kappa shape index (κ1) is 37.9. The third-order valence-corrected chi connectivity index (χ3v) is 11.8. The van der Waals surface area contributed by atoms with Crippen LogP contribution in [0.15, 0.2) is 156 Å². The van der Waals surface area contributed by atoms with Crippen LogP contribution in [0, 0.1) is 23.4 Å². The Labute approximate surface area is 342 Å². The van der Waals surface area contributed by atoms with Crippen molar-refractivity contribution in [3.8, 4) is 45.7 Å². The van der Waals surface area contributed by atoms with Crippen molar-refractivity contribution in [3.05, 3.63) is 144 Å². The van der Waals surface area contributed by atoms with Gasteiger partial charge >= 0.3 is 0 Å². The first-order valence-electron chi connectivity index (χ1n) is 18.9. The molecule has 0 spiro atoms. The van der Waals surface area contributed by atoms with Crippen LogP contribution in [-0.2, 0) is 0 Å². The van der Waals surface area contributed by atoms with Crippen LogP contribution in [0.25, 0.3) is 88.1 Å². The van der Waals surface area contributed by atoms with Gasteiger partial charge in [-0.25, -0.2) is 0 Å². The van der Waals surface area contributed by atoms with E-state index in [0.717, 1.165) is 98.5 Å². The van der Waals surface area contributed by atoms with Crippen LogP contribution in [0.3, 0.4) is 0 Å². The fourth-order valence-electron chi connectivity index (χ4n) is 6.88. The van der Waals surface area contributed by atoms with Gasteiger partial charge in [0.25, 0.3) is 0 Å². The fourth-order valence-corrected chi connectivity index (χ4v) is 7.97. The zero-order chi connectivity index (χ0) is 39.9. The third kappa shape index (κ3) is 7.63. The average molecular weight is 842 g/mol. The normalized spacial score (nSPS) is 11.6. The van der Waals surface area contributed by atoms with E-state index in [1.165, 1.54) is 0 Å². The first-order chi connectivity index (χ1) is 27.4. The van der Waals surface area contributed by atoms with Gasteiger partial charge in [-0.2, -0.15) is 0 Å². The van der Waals surface area contributed by atoms with Crippen molar-refractivity contribution in [1.29, 1.82) is 0 Å². The van der Waals surface area contributed by atoms with Gasteiger partial charge in [0.2, 0.25) is 0 Å². The molecule has 0 bridgehead atoms. The molecule has 4 aromatic heterocycles. The molecule has 280 valence electrons. The molecule has 0 N–H and O–H groups in total. The molecule has 0 saturated carbocycles. The van der Waals surface area contributed by atoms with E-state index in [1.807, 2.05) is 97.1 Å². The molecule has 7 heteroatoms. The van der Waals surface area contributed by atoms with E-state index in [9.17, 15) is 0 Å². The van der Waals surface area contributed by atoms with Crippen molar-refractivity contribution in [2.45, 2.75) is 39.3 Å². The Morgan fingerprint density at radius 1 is 0.439 bits per heavy atom. The predicted molar refractivity (Wildman–Crippen MR) is 248 cm³/mol. The predicted octanol–water partition coefficient (Wildman–Crippen LogP) is 15.5. The van der Waals surface area contributed by atoms with Crippen LogP contribution in [0.2, 0.25) is 39.3 Å². The SMILES string of the molecule is Brc1oc2ccccc2c1-c1cccc2oc3ccccc3c12.C#C[Si](C)(C)C.C[Si](C)(C)C#Cc1oc2ccccc2c1-c1cccc2oc3ccccc3c12. The molecule has 10 aromatic rings. The second-order valence-electron chi connectivity index (χ2n) is 16.0. The molecule has 4 heterocycles. The molecule has 0 unspecified atom stereocenters. The van der Waals surface area contributed by atoms with E-state index in [2.05, 4.69) is 109 Å². The Morgan fingerprint density at radius 3 is 1.30 bits per heavy atom. The Hall–Kier alpha value is -5.97. The maximum Gasteiger partial charge on any atom is 0.185 e. The second-order valence-corrected chi connectivity index (χ2v) is 26.3. The Balaban J connectivity index is 0.000000142. The van der Waals surface area contributed by atoms with E-state index in [0.29, 0.717) is 0 Å². The zero-order valence-electron chi connectivity index (χ0n) is 32.8. The highest BCUT2D eigenvalue weighted by atomic mass is 79.9. The lowest BCUT2D eigenvalue weighted by atomic mass is 9.97. The third-order valence-electron chi connectivity index (χ3n) is 9.48. The summed E-state index contributed by atoms with van der Waals surface area (Å²) in [4.78, 5) is 0. The van der Waals surface area contributed by atoms with Gasteiger partial charge in [-0.3, -0.25) is 0 Å². The number of para-hydroxylation sites is 4. The summed E-state index contributed by atoms with van der Waals surface area (Å²) >= 11 is 3.59. The lowest BCUT2D eigenvalue weighted by molar-refractivity contribution is 0.589. The number of halogens is 1. The number of fused-ring (bicyclic) bond motifs is 8. The van der Waals surface area contributed by atoms with E-state index >= 15 is 0 Å². The van der Waals surface area contributed by atoms with Gasteiger partial charge in [0.15, 0.2) is 10.4 Å². The molecule has 0 aliphatic carbocycles. The first-order valence-corrected chi connectivity index (χ1v) is 26.7.